The van der Waals surface area contributed by atoms with Gasteiger partial charge in [0.15, 0.2) is 0 Å². The maximum Gasteiger partial charge on any atom is 0.261 e. The van der Waals surface area contributed by atoms with Gasteiger partial charge >= 0.3 is 0 Å². The summed E-state index contributed by atoms with van der Waals surface area (Å²) in [5.41, 5.74) is 2.24. The van der Waals surface area contributed by atoms with E-state index < -0.39 is 0 Å². The van der Waals surface area contributed by atoms with Gasteiger partial charge in [-0.05, 0) is 31.9 Å². The summed E-state index contributed by atoms with van der Waals surface area (Å²) in [6.07, 6.45) is 0.970. The van der Waals surface area contributed by atoms with Crippen molar-refractivity contribution in [1.82, 2.24) is 5.32 Å². The Kier molecular flexibility index (Phi) is 6.09. The Morgan fingerprint density at radius 1 is 1.56 bits per heavy atom. The fraction of sp³-hybridized carbons (Fsp3) is 0.500. The number of hydrogen-bond donors (Lipinski definition) is 1. The smallest absolute Gasteiger partial charge is 0.261 e. The average molecular weight is 267 g/mol. The predicted molar refractivity (Wildman–Crippen MR) is 76.4 cm³/mol. The van der Waals surface area contributed by atoms with Gasteiger partial charge in [0, 0.05) is 11.4 Å². The van der Waals surface area contributed by atoms with Crippen LogP contribution in [0.25, 0.3) is 0 Å². The van der Waals surface area contributed by atoms with Crippen LogP contribution in [0.5, 0.6) is 0 Å². The molecule has 4 heteroatoms. The standard InChI is InChI=1S/C14H21NO2S/c1-5-12-8-13(18-11(12)4)14(16)15-6-7-17-9-10(2)3/h8H,2,5-7,9H2,1,3-4H3,(H,15,16). The van der Waals surface area contributed by atoms with Crippen LogP contribution in [-0.2, 0) is 11.2 Å². The van der Waals surface area contributed by atoms with Crippen LogP contribution in [0, 0.1) is 6.92 Å². The highest BCUT2D eigenvalue weighted by Crippen LogP contribution is 2.21. The number of carbonyl (C=O) groups excluding carboxylic acids is 1. The molecule has 18 heavy (non-hydrogen) atoms. The molecular formula is C14H21NO2S. The van der Waals surface area contributed by atoms with Crippen molar-refractivity contribution in [3.8, 4) is 0 Å². The number of thiophene rings is 1. The third kappa shape index (κ3) is 4.63. The van der Waals surface area contributed by atoms with E-state index in [0.29, 0.717) is 19.8 Å². The van der Waals surface area contributed by atoms with E-state index in [1.54, 1.807) is 11.3 Å². The van der Waals surface area contributed by atoms with Gasteiger partial charge in [0.2, 0.25) is 0 Å². The van der Waals surface area contributed by atoms with Gasteiger partial charge in [0.1, 0.15) is 0 Å². The van der Waals surface area contributed by atoms with Gasteiger partial charge in [0.05, 0.1) is 18.1 Å². The van der Waals surface area contributed by atoms with Crippen molar-refractivity contribution < 1.29 is 9.53 Å². The Morgan fingerprint density at radius 2 is 2.28 bits per heavy atom. The maximum absolute atomic E-state index is 11.8. The molecule has 0 atom stereocenters. The second kappa shape index (κ2) is 7.34. The van der Waals surface area contributed by atoms with Gasteiger partial charge in [0.25, 0.3) is 5.91 Å². The first-order chi connectivity index (χ1) is 8.54. The maximum atomic E-state index is 11.8. The van der Waals surface area contributed by atoms with Gasteiger partial charge in [-0.3, -0.25) is 4.79 Å². The first-order valence-electron chi connectivity index (χ1n) is 6.14. The van der Waals surface area contributed by atoms with Gasteiger partial charge in [-0.1, -0.05) is 19.1 Å². The van der Waals surface area contributed by atoms with Crippen LogP contribution in [0.3, 0.4) is 0 Å². The summed E-state index contributed by atoms with van der Waals surface area (Å²) < 4.78 is 5.32. The molecule has 1 aromatic heterocycles. The highest BCUT2D eigenvalue weighted by molar-refractivity contribution is 7.14. The molecule has 0 spiro atoms. The second-order valence-corrected chi connectivity index (χ2v) is 5.57. The number of hydrogen-bond acceptors (Lipinski definition) is 3. The summed E-state index contributed by atoms with van der Waals surface area (Å²) in [4.78, 5) is 13.9. The van der Waals surface area contributed by atoms with E-state index in [1.807, 2.05) is 13.0 Å². The molecule has 1 aromatic rings. The van der Waals surface area contributed by atoms with E-state index in [9.17, 15) is 4.79 Å². The Balaban J connectivity index is 2.34. The minimum absolute atomic E-state index is 0.0123. The van der Waals surface area contributed by atoms with E-state index in [4.69, 9.17) is 4.74 Å². The Hall–Kier alpha value is -1.13. The fourth-order valence-corrected chi connectivity index (χ4v) is 2.58. The molecule has 1 heterocycles. The predicted octanol–water partition coefficient (Wildman–Crippen LogP) is 2.94. The highest BCUT2D eigenvalue weighted by atomic mass is 32.1. The van der Waals surface area contributed by atoms with Crippen molar-refractivity contribution in [3.05, 3.63) is 33.5 Å². The van der Waals surface area contributed by atoms with Crippen LogP contribution in [0.2, 0.25) is 0 Å². The number of nitrogens with one attached hydrogen (secondary N) is 1. The van der Waals surface area contributed by atoms with Crippen LogP contribution < -0.4 is 5.32 Å². The van der Waals surface area contributed by atoms with Gasteiger partial charge in [-0.25, -0.2) is 0 Å². The summed E-state index contributed by atoms with van der Waals surface area (Å²) in [5.74, 6) is -0.0123. The van der Waals surface area contributed by atoms with Gasteiger partial charge < -0.3 is 10.1 Å². The molecule has 100 valence electrons. The van der Waals surface area contributed by atoms with Crippen molar-refractivity contribution in [2.75, 3.05) is 19.8 Å². The molecule has 0 aliphatic carbocycles. The molecule has 0 bridgehead atoms. The van der Waals surface area contributed by atoms with Crippen LogP contribution in [0.15, 0.2) is 18.2 Å². The summed E-state index contributed by atoms with van der Waals surface area (Å²) in [6.45, 7) is 11.4. The molecule has 0 aliphatic heterocycles. The zero-order valence-electron chi connectivity index (χ0n) is 11.3. The summed E-state index contributed by atoms with van der Waals surface area (Å²) in [5, 5.41) is 2.85. The summed E-state index contributed by atoms with van der Waals surface area (Å²) >= 11 is 1.55. The van der Waals surface area contributed by atoms with E-state index in [1.165, 1.54) is 10.4 Å². The third-order valence-corrected chi connectivity index (χ3v) is 3.60. The monoisotopic (exact) mass is 267 g/mol. The van der Waals surface area contributed by atoms with Gasteiger partial charge in [-0.2, -0.15) is 0 Å². The van der Waals surface area contributed by atoms with E-state index in [-0.39, 0.29) is 5.91 Å². The molecule has 3 nitrogen and oxygen atoms in total. The lowest BCUT2D eigenvalue weighted by atomic mass is 10.2. The van der Waals surface area contributed by atoms with Crippen molar-refractivity contribution in [2.24, 2.45) is 0 Å². The van der Waals surface area contributed by atoms with E-state index in [2.05, 4.69) is 25.7 Å². The highest BCUT2D eigenvalue weighted by Gasteiger charge is 2.10. The zero-order valence-corrected chi connectivity index (χ0v) is 12.2. The SMILES string of the molecule is C=C(C)COCCNC(=O)c1cc(CC)c(C)s1. The molecular weight excluding hydrogens is 246 g/mol. The van der Waals surface area contributed by atoms with Gasteiger partial charge in [-0.15, -0.1) is 11.3 Å². The normalized spacial score (nSPS) is 10.4. The number of aryl methyl sites for hydroxylation is 2. The molecule has 1 rings (SSSR count). The quantitative estimate of drug-likeness (QED) is 0.609. The van der Waals surface area contributed by atoms with Crippen LogP contribution >= 0.6 is 11.3 Å². The van der Waals surface area contributed by atoms with Crippen molar-refractivity contribution in [3.63, 3.8) is 0 Å². The molecule has 1 N–H and O–H groups in total. The van der Waals surface area contributed by atoms with Crippen molar-refractivity contribution in [2.45, 2.75) is 27.2 Å². The Labute approximate surface area is 113 Å². The number of ether oxygens (including phenoxy) is 1. The second-order valence-electron chi connectivity index (χ2n) is 4.31. The first kappa shape index (κ1) is 14.9. The lowest BCUT2D eigenvalue weighted by Gasteiger charge is -2.05. The molecule has 1 amide bonds. The molecule has 0 radical (unpaired) electrons. The average Bonchev–Trinajstić information content (AvgIpc) is 2.69. The third-order valence-electron chi connectivity index (χ3n) is 2.51. The minimum atomic E-state index is -0.0123. The van der Waals surface area contributed by atoms with Crippen LogP contribution in [0.4, 0.5) is 0 Å². The Bertz CT molecular complexity index is 423. The molecule has 0 unspecified atom stereocenters. The first-order valence-corrected chi connectivity index (χ1v) is 6.95. The van der Waals surface area contributed by atoms with E-state index in [0.717, 1.165) is 16.9 Å². The lowest BCUT2D eigenvalue weighted by molar-refractivity contribution is 0.0930. The zero-order chi connectivity index (χ0) is 13.5. The minimum Gasteiger partial charge on any atom is -0.375 e. The molecule has 0 aliphatic rings. The molecule has 0 saturated carbocycles. The molecule has 0 aromatic carbocycles. The summed E-state index contributed by atoms with van der Waals surface area (Å²) in [6, 6.07) is 1.98. The van der Waals surface area contributed by atoms with Crippen LogP contribution in [-0.4, -0.2) is 25.7 Å². The molecule has 0 fully saturated rings. The molecule has 0 saturated heterocycles. The fourth-order valence-electron chi connectivity index (χ4n) is 1.55. The van der Waals surface area contributed by atoms with Crippen molar-refractivity contribution >= 4 is 17.2 Å². The number of amides is 1. The lowest BCUT2D eigenvalue weighted by Crippen LogP contribution is -2.26. The van der Waals surface area contributed by atoms with Crippen LogP contribution in [0.1, 0.15) is 34.0 Å². The topological polar surface area (TPSA) is 38.3 Å². The number of carbonyl (C=O) groups is 1. The van der Waals surface area contributed by atoms with Crippen molar-refractivity contribution in [1.29, 1.82) is 0 Å². The number of rotatable bonds is 7. The summed E-state index contributed by atoms with van der Waals surface area (Å²) in [7, 11) is 0. The van der Waals surface area contributed by atoms with E-state index >= 15 is 0 Å². The Morgan fingerprint density at radius 3 is 2.83 bits per heavy atom. The largest absolute Gasteiger partial charge is 0.375 e.